The minimum absolute atomic E-state index is 0.00337. The Bertz CT molecular complexity index is 1680. The molecule has 0 aliphatic rings. The van der Waals surface area contributed by atoms with Crippen LogP contribution in [-0.4, -0.2) is 46.8 Å². The molecule has 43 heavy (non-hydrogen) atoms. The Morgan fingerprint density at radius 1 is 0.721 bits per heavy atom. The molecule has 0 atom stereocenters. The first kappa shape index (κ1) is 29.5. The van der Waals surface area contributed by atoms with E-state index < -0.39 is 5.82 Å². The lowest BCUT2D eigenvalue weighted by molar-refractivity contribution is -0.141. The Labute approximate surface area is 249 Å². The van der Waals surface area contributed by atoms with Gasteiger partial charge in [0.1, 0.15) is 23.9 Å². The Balaban J connectivity index is 1.39. The average molecular weight is 582 g/mol. The second-order valence-corrected chi connectivity index (χ2v) is 10.4. The molecule has 0 saturated heterocycles. The molecule has 4 aromatic carbocycles. The SMILES string of the molecule is COc1ccccc1CN(CCc1c[nH]c2ccccc12)C(=O)CN(Cc1ccc(F)cc1)C(=O)Cc1ccc(F)cc1. The van der Waals surface area contributed by atoms with Crippen LogP contribution in [0.4, 0.5) is 8.78 Å². The molecule has 0 aliphatic heterocycles. The number of nitrogens with zero attached hydrogens (tertiary/aromatic N) is 2. The fraction of sp³-hybridized carbons (Fsp3) is 0.200. The number of hydrogen-bond acceptors (Lipinski definition) is 3. The van der Waals surface area contributed by atoms with Gasteiger partial charge in [-0.2, -0.15) is 0 Å². The van der Waals surface area contributed by atoms with E-state index in [1.807, 2.05) is 54.7 Å². The number of ether oxygens (including phenoxy) is 1. The smallest absolute Gasteiger partial charge is 0.242 e. The third kappa shape index (κ3) is 7.65. The molecule has 0 bridgehead atoms. The lowest BCUT2D eigenvalue weighted by Gasteiger charge is -2.28. The molecular formula is C35H33F2N3O3. The van der Waals surface area contributed by atoms with Crippen molar-refractivity contribution in [1.29, 1.82) is 0 Å². The zero-order valence-electron chi connectivity index (χ0n) is 23.9. The number of para-hydroxylation sites is 2. The third-order valence-electron chi connectivity index (χ3n) is 7.47. The lowest BCUT2D eigenvalue weighted by Crippen LogP contribution is -2.43. The molecule has 1 heterocycles. The molecule has 0 radical (unpaired) electrons. The minimum Gasteiger partial charge on any atom is -0.496 e. The summed E-state index contributed by atoms with van der Waals surface area (Å²) in [6.45, 7) is 0.647. The number of benzene rings is 4. The third-order valence-corrected chi connectivity index (χ3v) is 7.47. The lowest BCUT2D eigenvalue weighted by atomic mass is 10.1. The topological polar surface area (TPSA) is 65.6 Å². The Morgan fingerprint density at radius 2 is 1.37 bits per heavy atom. The van der Waals surface area contributed by atoms with Gasteiger partial charge in [-0.1, -0.05) is 60.7 Å². The zero-order valence-corrected chi connectivity index (χ0v) is 23.9. The van der Waals surface area contributed by atoms with E-state index in [-0.39, 0.29) is 37.1 Å². The Kier molecular flexibility index (Phi) is 9.46. The van der Waals surface area contributed by atoms with Crippen molar-refractivity contribution >= 4 is 22.7 Å². The number of amides is 2. The summed E-state index contributed by atoms with van der Waals surface area (Å²) in [4.78, 5) is 34.0. The van der Waals surface area contributed by atoms with Crippen LogP contribution < -0.4 is 4.74 Å². The largest absolute Gasteiger partial charge is 0.496 e. The van der Waals surface area contributed by atoms with Crippen molar-refractivity contribution in [3.05, 3.63) is 137 Å². The molecule has 2 amide bonds. The van der Waals surface area contributed by atoms with Crippen LogP contribution in [0.5, 0.6) is 5.75 Å². The van der Waals surface area contributed by atoms with Gasteiger partial charge < -0.3 is 19.5 Å². The van der Waals surface area contributed by atoms with E-state index in [9.17, 15) is 18.4 Å². The van der Waals surface area contributed by atoms with E-state index in [1.165, 1.54) is 29.2 Å². The number of carbonyl (C=O) groups excluding carboxylic acids is 2. The number of fused-ring (bicyclic) bond motifs is 1. The van der Waals surface area contributed by atoms with Gasteiger partial charge in [0.15, 0.2) is 0 Å². The molecule has 6 nitrogen and oxygen atoms in total. The minimum atomic E-state index is -0.392. The molecule has 1 aromatic heterocycles. The van der Waals surface area contributed by atoms with Crippen LogP contribution >= 0.6 is 0 Å². The summed E-state index contributed by atoms with van der Waals surface area (Å²) in [5.74, 6) is -0.637. The molecule has 0 spiro atoms. The normalized spacial score (nSPS) is 11.0. The van der Waals surface area contributed by atoms with Gasteiger partial charge in [0.2, 0.25) is 11.8 Å². The van der Waals surface area contributed by atoms with Crippen molar-refractivity contribution in [3.63, 3.8) is 0 Å². The summed E-state index contributed by atoms with van der Waals surface area (Å²) in [6, 6.07) is 27.1. The van der Waals surface area contributed by atoms with E-state index in [0.717, 1.165) is 22.0 Å². The maximum absolute atomic E-state index is 14.0. The number of nitrogens with one attached hydrogen (secondary N) is 1. The number of H-pyrrole nitrogens is 1. The first-order chi connectivity index (χ1) is 20.9. The van der Waals surface area contributed by atoms with E-state index in [2.05, 4.69) is 4.98 Å². The molecule has 5 aromatic rings. The van der Waals surface area contributed by atoms with Crippen LogP contribution in [0, 0.1) is 11.6 Å². The number of carbonyl (C=O) groups is 2. The van der Waals surface area contributed by atoms with Gasteiger partial charge in [0, 0.05) is 42.3 Å². The van der Waals surface area contributed by atoms with Crippen molar-refractivity contribution in [3.8, 4) is 5.75 Å². The van der Waals surface area contributed by atoms with Crippen molar-refractivity contribution in [2.24, 2.45) is 0 Å². The van der Waals surface area contributed by atoms with E-state index in [1.54, 1.807) is 36.3 Å². The molecule has 0 aliphatic carbocycles. The van der Waals surface area contributed by atoms with Gasteiger partial charge in [0.05, 0.1) is 13.5 Å². The molecule has 0 saturated carbocycles. The van der Waals surface area contributed by atoms with Crippen molar-refractivity contribution < 1.29 is 23.1 Å². The van der Waals surface area contributed by atoms with Crippen LogP contribution in [0.15, 0.2) is 103 Å². The molecule has 1 N–H and O–H groups in total. The van der Waals surface area contributed by atoms with Crippen LogP contribution in [-0.2, 0) is 35.5 Å². The number of methoxy groups -OCH3 is 1. The van der Waals surface area contributed by atoms with Gasteiger partial charge in [-0.25, -0.2) is 8.78 Å². The first-order valence-electron chi connectivity index (χ1n) is 14.1. The molecule has 220 valence electrons. The second kappa shape index (κ2) is 13.8. The Morgan fingerprint density at radius 3 is 2.09 bits per heavy atom. The van der Waals surface area contributed by atoms with Gasteiger partial charge in [-0.3, -0.25) is 9.59 Å². The number of rotatable bonds is 12. The monoisotopic (exact) mass is 581 g/mol. The molecular weight excluding hydrogens is 548 g/mol. The molecule has 0 unspecified atom stereocenters. The van der Waals surface area contributed by atoms with Crippen LogP contribution in [0.25, 0.3) is 10.9 Å². The Hall–Kier alpha value is -4.98. The maximum atomic E-state index is 14.0. The summed E-state index contributed by atoms with van der Waals surface area (Å²) < 4.78 is 32.6. The quantitative estimate of drug-likeness (QED) is 0.188. The van der Waals surface area contributed by atoms with Gasteiger partial charge in [0.25, 0.3) is 0 Å². The number of hydrogen-bond donors (Lipinski definition) is 1. The number of halogens is 2. The summed E-state index contributed by atoms with van der Waals surface area (Å²) >= 11 is 0. The van der Waals surface area contributed by atoms with E-state index in [0.29, 0.717) is 36.4 Å². The highest BCUT2D eigenvalue weighted by Gasteiger charge is 2.23. The fourth-order valence-corrected chi connectivity index (χ4v) is 5.12. The summed E-state index contributed by atoms with van der Waals surface area (Å²) in [6.07, 6.45) is 2.56. The van der Waals surface area contributed by atoms with Gasteiger partial charge in [-0.15, -0.1) is 0 Å². The summed E-state index contributed by atoms with van der Waals surface area (Å²) in [7, 11) is 1.59. The van der Waals surface area contributed by atoms with E-state index in [4.69, 9.17) is 4.74 Å². The average Bonchev–Trinajstić information content (AvgIpc) is 3.44. The standard InChI is InChI=1S/C35H33F2N3O3/c1-43-33-9-5-2-6-28(33)23-39(19-18-27-21-38-32-8-4-3-7-31(27)32)35(42)24-40(22-26-12-16-30(37)17-13-26)34(41)20-25-10-14-29(36)15-11-25/h2-17,21,38H,18-20,22-24H2,1H3. The van der Waals surface area contributed by atoms with Gasteiger partial charge >= 0.3 is 0 Å². The second-order valence-electron chi connectivity index (χ2n) is 10.4. The fourth-order valence-electron chi connectivity index (χ4n) is 5.12. The summed E-state index contributed by atoms with van der Waals surface area (Å²) in [5, 5.41) is 1.10. The molecule has 0 fully saturated rings. The highest BCUT2D eigenvalue weighted by Crippen LogP contribution is 2.22. The van der Waals surface area contributed by atoms with Crippen LogP contribution in [0.1, 0.15) is 22.3 Å². The predicted octanol–water partition coefficient (Wildman–Crippen LogP) is 6.30. The number of aromatic nitrogens is 1. The van der Waals surface area contributed by atoms with Crippen molar-refractivity contribution in [2.75, 3.05) is 20.2 Å². The van der Waals surface area contributed by atoms with Crippen LogP contribution in [0.3, 0.4) is 0 Å². The van der Waals surface area contributed by atoms with E-state index >= 15 is 0 Å². The zero-order chi connectivity index (χ0) is 30.2. The maximum Gasteiger partial charge on any atom is 0.242 e. The summed E-state index contributed by atoms with van der Waals surface area (Å²) in [5.41, 5.74) is 4.28. The highest BCUT2D eigenvalue weighted by molar-refractivity contribution is 5.86. The van der Waals surface area contributed by atoms with Crippen molar-refractivity contribution in [1.82, 2.24) is 14.8 Å². The van der Waals surface area contributed by atoms with Gasteiger partial charge in [-0.05, 0) is 59.5 Å². The molecule has 5 rings (SSSR count). The first-order valence-corrected chi connectivity index (χ1v) is 14.1. The highest BCUT2D eigenvalue weighted by atomic mass is 19.1. The predicted molar refractivity (Wildman–Crippen MR) is 162 cm³/mol. The molecule has 8 heteroatoms. The van der Waals surface area contributed by atoms with Crippen molar-refractivity contribution in [2.45, 2.75) is 25.9 Å². The van der Waals surface area contributed by atoms with Crippen LogP contribution in [0.2, 0.25) is 0 Å². The number of aromatic amines is 1.